The van der Waals surface area contributed by atoms with Crippen LogP contribution in [0.3, 0.4) is 0 Å². The maximum atomic E-state index is 14.3. The predicted molar refractivity (Wildman–Crippen MR) is 154 cm³/mol. The van der Waals surface area contributed by atoms with Crippen molar-refractivity contribution >= 4 is 46.3 Å². The van der Waals surface area contributed by atoms with Crippen molar-refractivity contribution < 1.29 is 33.8 Å². The second-order valence-corrected chi connectivity index (χ2v) is 10.4. The summed E-state index contributed by atoms with van der Waals surface area (Å²) in [5.41, 5.74) is 8.32. The zero-order valence-corrected chi connectivity index (χ0v) is 22.9. The molecule has 0 unspecified atom stereocenters. The van der Waals surface area contributed by atoms with Gasteiger partial charge >= 0.3 is 12.0 Å². The van der Waals surface area contributed by atoms with E-state index in [2.05, 4.69) is 10.3 Å². The molecule has 3 atom stereocenters. The summed E-state index contributed by atoms with van der Waals surface area (Å²) in [7, 11) is 1.55. The largest absolute Gasteiger partial charge is 0.497 e. The fourth-order valence-corrected chi connectivity index (χ4v) is 5.95. The number of aliphatic carboxylic acids is 1. The first kappa shape index (κ1) is 27.5. The van der Waals surface area contributed by atoms with Crippen molar-refractivity contribution in [2.75, 3.05) is 12.0 Å². The van der Waals surface area contributed by atoms with Gasteiger partial charge in [-0.1, -0.05) is 42.5 Å². The molecule has 2 aliphatic heterocycles. The number of aromatic amines is 1. The molecule has 0 radical (unpaired) electrons. The summed E-state index contributed by atoms with van der Waals surface area (Å²) in [4.78, 5) is 70.6. The van der Waals surface area contributed by atoms with E-state index in [4.69, 9.17) is 10.5 Å². The van der Waals surface area contributed by atoms with Crippen LogP contribution in [0.15, 0.2) is 72.8 Å². The highest BCUT2D eigenvalue weighted by Crippen LogP contribution is 2.45. The molecule has 0 bridgehead atoms. The van der Waals surface area contributed by atoms with Crippen LogP contribution >= 0.6 is 0 Å². The number of para-hydroxylation sites is 2. The molecule has 4 aromatic rings. The van der Waals surface area contributed by atoms with Crippen molar-refractivity contribution in [3.8, 4) is 5.75 Å². The minimum atomic E-state index is -1.59. The summed E-state index contributed by atoms with van der Waals surface area (Å²) in [6, 6.07) is 17.1. The lowest BCUT2D eigenvalue weighted by Crippen LogP contribution is -2.44. The molecular formula is C31H27N5O7. The van der Waals surface area contributed by atoms with Gasteiger partial charge in [0.05, 0.1) is 24.8 Å². The molecule has 1 fully saturated rings. The monoisotopic (exact) mass is 581 g/mol. The van der Waals surface area contributed by atoms with Crippen molar-refractivity contribution in [1.29, 1.82) is 0 Å². The van der Waals surface area contributed by atoms with Crippen molar-refractivity contribution in [1.82, 2.24) is 15.2 Å². The van der Waals surface area contributed by atoms with Crippen LogP contribution in [-0.4, -0.2) is 63.9 Å². The van der Waals surface area contributed by atoms with E-state index < -0.39 is 54.3 Å². The Bertz CT molecular complexity index is 1820. The van der Waals surface area contributed by atoms with Crippen LogP contribution in [0.1, 0.15) is 39.6 Å². The normalized spacial score (nSPS) is 18.3. The highest BCUT2D eigenvalue weighted by Gasteiger charge is 2.53. The maximum absolute atomic E-state index is 14.3. The molecule has 12 nitrogen and oxygen atoms in total. The molecule has 1 saturated heterocycles. The van der Waals surface area contributed by atoms with Gasteiger partial charge in [-0.05, 0) is 41.5 Å². The third-order valence-corrected chi connectivity index (χ3v) is 7.86. The van der Waals surface area contributed by atoms with E-state index in [0.29, 0.717) is 5.75 Å². The Balaban J connectivity index is 1.44. The number of anilines is 1. The lowest BCUT2D eigenvalue weighted by molar-refractivity contribution is -0.141. The number of carbonyl (C=O) groups excluding carboxylic acids is 4. The number of aromatic nitrogens is 1. The summed E-state index contributed by atoms with van der Waals surface area (Å²) in [5.74, 6) is -3.19. The number of amides is 5. The number of primary amides is 1. The molecule has 12 heteroatoms. The highest BCUT2D eigenvalue weighted by molar-refractivity contribution is 6.24. The van der Waals surface area contributed by atoms with E-state index in [1.807, 2.05) is 42.5 Å². The van der Waals surface area contributed by atoms with E-state index in [1.54, 1.807) is 19.2 Å². The van der Waals surface area contributed by atoms with Crippen LogP contribution in [0.25, 0.3) is 10.9 Å². The summed E-state index contributed by atoms with van der Waals surface area (Å²) in [6.07, 6.45) is -0.385. The number of methoxy groups -OCH3 is 1. The van der Waals surface area contributed by atoms with E-state index in [-0.39, 0.29) is 17.7 Å². The number of hydrogen-bond donors (Lipinski definition) is 4. The zero-order chi connectivity index (χ0) is 30.4. The second kappa shape index (κ2) is 10.6. The lowest BCUT2D eigenvalue weighted by atomic mass is 9.89. The summed E-state index contributed by atoms with van der Waals surface area (Å²) in [6.45, 7) is 0. The summed E-state index contributed by atoms with van der Waals surface area (Å²) in [5, 5.41) is 12.7. The topological polar surface area (TPSA) is 175 Å². The zero-order valence-electron chi connectivity index (χ0n) is 22.9. The van der Waals surface area contributed by atoms with Gasteiger partial charge in [0.15, 0.2) is 0 Å². The number of nitrogens with one attached hydrogen (secondary N) is 2. The minimum absolute atomic E-state index is 0.00877. The summed E-state index contributed by atoms with van der Waals surface area (Å²) < 4.78 is 5.45. The Labute approximate surface area is 245 Å². The van der Waals surface area contributed by atoms with Gasteiger partial charge in [0.1, 0.15) is 23.9 Å². The Morgan fingerprint density at radius 3 is 2.56 bits per heavy atom. The number of hydrogen-bond acceptors (Lipinski definition) is 6. The van der Waals surface area contributed by atoms with Crippen molar-refractivity contribution in [2.24, 2.45) is 5.73 Å². The molecule has 5 N–H and O–H groups in total. The Morgan fingerprint density at radius 2 is 1.81 bits per heavy atom. The SMILES string of the molecule is COc1cccc([C@@H]2c3[nH]c4ccccc4c3C[C@H]3C(=O)N(c4ccccc4C(=O)N[C@@H](CC(N)=O)C(=O)O)C(=O)N23)c1. The molecule has 6 rings (SSSR count). The number of ether oxygens (including phenoxy) is 1. The van der Waals surface area contributed by atoms with Crippen LogP contribution in [0.4, 0.5) is 10.5 Å². The van der Waals surface area contributed by atoms with Gasteiger partial charge in [-0.15, -0.1) is 0 Å². The quantitative estimate of drug-likeness (QED) is 0.231. The number of carbonyl (C=O) groups is 5. The van der Waals surface area contributed by atoms with Crippen LogP contribution in [0.2, 0.25) is 0 Å². The van der Waals surface area contributed by atoms with Crippen LogP contribution in [0.5, 0.6) is 5.75 Å². The Morgan fingerprint density at radius 1 is 1.07 bits per heavy atom. The number of rotatable bonds is 8. The first-order valence-corrected chi connectivity index (χ1v) is 13.5. The number of H-pyrrole nitrogens is 1. The van der Waals surface area contributed by atoms with E-state index >= 15 is 0 Å². The number of benzene rings is 3. The number of nitrogens with zero attached hydrogens (tertiary/aromatic N) is 2. The van der Waals surface area contributed by atoms with E-state index in [1.165, 1.54) is 23.1 Å². The first-order chi connectivity index (χ1) is 20.7. The number of carboxylic acids is 1. The van der Waals surface area contributed by atoms with Crippen LogP contribution in [-0.2, 0) is 20.8 Å². The van der Waals surface area contributed by atoms with Crippen LogP contribution < -0.4 is 20.7 Å². The molecule has 1 aromatic heterocycles. The smallest absolute Gasteiger partial charge is 0.332 e. The Hall–Kier alpha value is -5.65. The molecule has 0 spiro atoms. The molecule has 43 heavy (non-hydrogen) atoms. The number of urea groups is 1. The number of imide groups is 1. The third-order valence-electron chi connectivity index (χ3n) is 7.86. The molecule has 0 aliphatic carbocycles. The predicted octanol–water partition coefficient (Wildman–Crippen LogP) is 2.72. The minimum Gasteiger partial charge on any atom is -0.497 e. The molecule has 2 aliphatic rings. The molecule has 3 heterocycles. The van der Waals surface area contributed by atoms with Crippen molar-refractivity contribution in [3.05, 3.63) is 95.2 Å². The van der Waals surface area contributed by atoms with Gasteiger partial charge in [-0.3, -0.25) is 19.3 Å². The van der Waals surface area contributed by atoms with Gasteiger partial charge in [-0.25, -0.2) is 14.5 Å². The number of nitrogens with two attached hydrogens (primary N) is 1. The first-order valence-electron chi connectivity index (χ1n) is 13.5. The molecule has 218 valence electrons. The fraction of sp³-hybridized carbons (Fsp3) is 0.194. The van der Waals surface area contributed by atoms with E-state index in [0.717, 1.165) is 32.6 Å². The molecule has 3 aromatic carbocycles. The Kier molecular flexibility index (Phi) is 6.81. The van der Waals surface area contributed by atoms with Gasteiger partial charge in [0, 0.05) is 23.0 Å². The summed E-state index contributed by atoms with van der Waals surface area (Å²) >= 11 is 0. The fourth-order valence-electron chi connectivity index (χ4n) is 5.95. The standard InChI is InChI=1S/C31H27N5O7/c1-43-17-8-6-7-16(13-17)27-26-20(18-9-2-4-11-21(18)33-26)14-24-29(39)36(31(42)35(24)27)23-12-5-3-10-19(23)28(38)34-22(30(40)41)15-25(32)37/h2-13,22,24,27,33H,14-15H2,1H3,(H2,32,37)(H,34,38)(H,40,41)/t22-,24-,27+/m0/s1. The lowest BCUT2D eigenvalue weighted by Gasteiger charge is -2.36. The van der Waals surface area contributed by atoms with Crippen molar-refractivity contribution in [3.63, 3.8) is 0 Å². The molecule has 0 saturated carbocycles. The molecule has 5 amide bonds. The van der Waals surface area contributed by atoms with Gasteiger partial charge < -0.3 is 25.9 Å². The average Bonchev–Trinajstić information content (AvgIpc) is 3.49. The van der Waals surface area contributed by atoms with Gasteiger partial charge in [-0.2, -0.15) is 0 Å². The van der Waals surface area contributed by atoms with Gasteiger partial charge in [0.2, 0.25) is 5.91 Å². The maximum Gasteiger partial charge on any atom is 0.332 e. The van der Waals surface area contributed by atoms with E-state index in [9.17, 15) is 29.1 Å². The third kappa shape index (κ3) is 4.62. The average molecular weight is 582 g/mol. The molecular weight excluding hydrogens is 554 g/mol. The highest BCUT2D eigenvalue weighted by atomic mass is 16.5. The van der Waals surface area contributed by atoms with Crippen molar-refractivity contribution in [2.45, 2.75) is 31.0 Å². The second-order valence-electron chi connectivity index (χ2n) is 10.4. The number of carboxylic acid groups (broad SMARTS) is 1. The number of fused-ring (bicyclic) bond motifs is 4. The van der Waals surface area contributed by atoms with Crippen LogP contribution in [0, 0.1) is 0 Å². The van der Waals surface area contributed by atoms with Gasteiger partial charge in [0.25, 0.3) is 11.8 Å².